The van der Waals surface area contributed by atoms with Crippen LogP contribution in [0.1, 0.15) is 50.7 Å². The fourth-order valence-electron chi connectivity index (χ4n) is 2.65. The molecule has 1 fully saturated rings. The van der Waals surface area contributed by atoms with E-state index in [9.17, 15) is 8.78 Å². The fraction of sp³-hybridized carbons (Fsp3) is 0.600. The normalized spacial score (nSPS) is 22.6. The van der Waals surface area contributed by atoms with Crippen molar-refractivity contribution in [1.29, 1.82) is 0 Å². The van der Waals surface area contributed by atoms with Crippen molar-refractivity contribution in [2.24, 2.45) is 5.41 Å². The first-order valence-electron chi connectivity index (χ1n) is 6.57. The van der Waals surface area contributed by atoms with Crippen molar-refractivity contribution < 1.29 is 8.78 Å². The molecule has 0 aliphatic heterocycles. The molecule has 0 heterocycles. The van der Waals surface area contributed by atoms with Gasteiger partial charge in [-0.3, -0.25) is 0 Å². The van der Waals surface area contributed by atoms with Crippen LogP contribution in [-0.4, -0.2) is 6.04 Å². The summed E-state index contributed by atoms with van der Waals surface area (Å²) in [5, 5.41) is 3.51. The lowest BCUT2D eigenvalue weighted by molar-refractivity contribution is 0.151. The molecule has 0 aromatic heterocycles. The largest absolute Gasteiger partial charge is 0.310 e. The Morgan fingerprint density at radius 2 is 1.94 bits per heavy atom. The summed E-state index contributed by atoms with van der Waals surface area (Å²) in [5.74, 6) is 0. The minimum Gasteiger partial charge on any atom is -0.310 e. The Balaban J connectivity index is 1.84. The Morgan fingerprint density at radius 3 is 2.44 bits per heavy atom. The number of alkyl halides is 2. The van der Waals surface area contributed by atoms with E-state index < -0.39 is 6.43 Å². The number of hydrogen-bond acceptors (Lipinski definition) is 1. The summed E-state index contributed by atoms with van der Waals surface area (Å²) in [6.07, 6.45) is 1.29. The van der Waals surface area contributed by atoms with Gasteiger partial charge in [0, 0.05) is 18.2 Å². The molecular weight excluding hydrogens is 232 g/mol. The Hall–Kier alpha value is -0.960. The van der Waals surface area contributed by atoms with Gasteiger partial charge in [0.2, 0.25) is 0 Å². The minimum atomic E-state index is -2.37. The number of rotatable bonds is 4. The molecule has 0 saturated heterocycles. The van der Waals surface area contributed by atoms with E-state index in [2.05, 4.69) is 19.2 Å². The first kappa shape index (κ1) is 13.5. The molecule has 100 valence electrons. The van der Waals surface area contributed by atoms with E-state index in [1.165, 1.54) is 31.4 Å². The van der Waals surface area contributed by atoms with Crippen LogP contribution < -0.4 is 5.32 Å². The predicted octanol–water partition coefficient (Wildman–Crippen LogP) is 4.29. The summed E-state index contributed by atoms with van der Waals surface area (Å²) in [7, 11) is 0. The second kappa shape index (κ2) is 5.35. The van der Waals surface area contributed by atoms with Gasteiger partial charge in [-0.15, -0.1) is 0 Å². The maximum Gasteiger partial charge on any atom is 0.263 e. The van der Waals surface area contributed by atoms with Crippen molar-refractivity contribution in [2.45, 2.75) is 52.1 Å². The van der Waals surface area contributed by atoms with Crippen LogP contribution in [0.4, 0.5) is 8.78 Å². The number of nitrogens with one attached hydrogen (secondary N) is 1. The molecule has 0 amide bonds. The van der Waals surface area contributed by atoms with E-state index in [4.69, 9.17) is 0 Å². The van der Waals surface area contributed by atoms with Crippen molar-refractivity contribution in [2.75, 3.05) is 0 Å². The molecule has 0 radical (unpaired) electrons. The van der Waals surface area contributed by atoms with Crippen LogP contribution >= 0.6 is 0 Å². The van der Waals surface area contributed by atoms with Crippen LogP contribution in [0.15, 0.2) is 24.3 Å². The van der Waals surface area contributed by atoms with Gasteiger partial charge in [-0.25, -0.2) is 8.78 Å². The molecule has 0 spiro atoms. The second-order valence-electron chi connectivity index (χ2n) is 6.03. The quantitative estimate of drug-likeness (QED) is 0.844. The van der Waals surface area contributed by atoms with Crippen LogP contribution in [0.5, 0.6) is 0 Å². The van der Waals surface area contributed by atoms with Gasteiger partial charge in [0.05, 0.1) is 0 Å². The molecule has 1 nitrogen and oxygen atoms in total. The molecule has 1 aliphatic rings. The maximum absolute atomic E-state index is 12.4. The first-order valence-corrected chi connectivity index (χ1v) is 6.57. The fourth-order valence-corrected chi connectivity index (χ4v) is 2.65. The van der Waals surface area contributed by atoms with Crippen LogP contribution in [0.2, 0.25) is 0 Å². The summed E-state index contributed by atoms with van der Waals surface area (Å²) in [5.41, 5.74) is 1.61. The van der Waals surface area contributed by atoms with E-state index in [1.807, 2.05) is 0 Å². The number of halogens is 2. The van der Waals surface area contributed by atoms with Gasteiger partial charge in [-0.05, 0) is 30.2 Å². The van der Waals surface area contributed by atoms with Crippen LogP contribution in [0, 0.1) is 5.41 Å². The third kappa shape index (κ3) is 3.52. The average Bonchev–Trinajstić information content (AvgIpc) is 2.67. The zero-order valence-electron chi connectivity index (χ0n) is 11.0. The highest BCUT2D eigenvalue weighted by atomic mass is 19.3. The zero-order chi connectivity index (χ0) is 13.2. The summed E-state index contributed by atoms with van der Waals surface area (Å²) in [6, 6.07) is 7.17. The highest BCUT2D eigenvalue weighted by molar-refractivity contribution is 5.23. The molecule has 1 aliphatic carbocycles. The van der Waals surface area contributed by atoms with E-state index in [0.29, 0.717) is 11.5 Å². The maximum atomic E-state index is 12.4. The lowest BCUT2D eigenvalue weighted by atomic mass is 9.92. The Kier molecular flexibility index (Phi) is 4.00. The van der Waals surface area contributed by atoms with Gasteiger partial charge < -0.3 is 5.32 Å². The average molecular weight is 253 g/mol. The van der Waals surface area contributed by atoms with Crippen molar-refractivity contribution in [3.63, 3.8) is 0 Å². The van der Waals surface area contributed by atoms with Crippen LogP contribution in [-0.2, 0) is 6.54 Å². The highest BCUT2D eigenvalue weighted by Crippen LogP contribution is 2.36. The molecular formula is C15H21F2N. The Bertz CT molecular complexity index is 384. The standard InChI is InChI=1S/C15H21F2N/c1-15(2)8-7-13(9-15)18-10-11-3-5-12(6-4-11)14(16)17/h3-6,13-14,18H,7-10H2,1-2H3. The SMILES string of the molecule is CC1(C)CCC(NCc2ccc(C(F)F)cc2)C1. The molecule has 1 N–H and O–H groups in total. The molecule has 1 aromatic rings. The molecule has 1 unspecified atom stereocenters. The monoisotopic (exact) mass is 253 g/mol. The zero-order valence-corrected chi connectivity index (χ0v) is 11.0. The lowest BCUT2D eigenvalue weighted by Gasteiger charge is -2.18. The lowest BCUT2D eigenvalue weighted by Crippen LogP contribution is -2.26. The number of benzene rings is 1. The summed E-state index contributed by atoms with van der Waals surface area (Å²) >= 11 is 0. The molecule has 3 heteroatoms. The first-order chi connectivity index (χ1) is 8.46. The van der Waals surface area contributed by atoms with E-state index in [-0.39, 0.29) is 5.56 Å². The van der Waals surface area contributed by atoms with E-state index >= 15 is 0 Å². The summed E-state index contributed by atoms with van der Waals surface area (Å²) < 4.78 is 24.8. The van der Waals surface area contributed by atoms with E-state index in [1.54, 1.807) is 12.1 Å². The van der Waals surface area contributed by atoms with Crippen LogP contribution in [0.25, 0.3) is 0 Å². The minimum absolute atomic E-state index is 0.0979. The molecule has 1 atom stereocenters. The van der Waals surface area contributed by atoms with Crippen molar-refractivity contribution in [3.8, 4) is 0 Å². The molecule has 1 saturated carbocycles. The van der Waals surface area contributed by atoms with E-state index in [0.717, 1.165) is 12.1 Å². The summed E-state index contributed by atoms with van der Waals surface area (Å²) in [4.78, 5) is 0. The molecule has 0 bridgehead atoms. The van der Waals surface area contributed by atoms with Gasteiger partial charge >= 0.3 is 0 Å². The Labute approximate surface area is 108 Å². The molecule has 2 rings (SSSR count). The van der Waals surface area contributed by atoms with Gasteiger partial charge in [0.1, 0.15) is 0 Å². The van der Waals surface area contributed by atoms with Crippen LogP contribution in [0.3, 0.4) is 0 Å². The third-order valence-electron chi connectivity index (χ3n) is 3.80. The smallest absolute Gasteiger partial charge is 0.263 e. The predicted molar refractivity (Wildman–Crippen MR) is 69.7 cm³/mol. The Morgan fingerprint density at radius 1 is 1.28 bits per heavy atom. The third-order valence-corrected chi connectivity index (χ3v) is 3.80. The van der Waals surface area contributed by atoms with Gasteiger partial charge in [0.15, 0.2) is 0 Å². The topological polar surface area (TPSA) is 12.0 Å². The van der Waals surface area contributed by atoms with Gasteiger partial charge in [-0.2, -0.15) is 0 Å². The summed E-state index contributed by atoms with van der Waals surface area (Å²) in [6.45, 7) is 5.36. The molecule has 18 heavy (non-hydrogen) atoms. The van der Waals surface area contributed by atoms with Gasteiger partial charge in [-0.1, -0.05) is 38.1 Å². The van der Waals surface area contributed by atoms with Crippen molar-refractivity contribution in [3.05, 3.63) is 35.4 Å². The van der Waals surface area contributed by atoms with Crippen molar-refractivity contribution in [1.82, 2.24) is 5.32 Å². The molecule has 1 aromatic carbocycles. The van der Waals surface area contributed by atoms with Crippen molar-refractivity contribution >= 4 is 0 Å². The van der Waals surface area contributed by atoms with Gasteiger partial charge in [0.25, 0.3) is 6.43 Å². The second-order valence-corrected chi connectivity index (χ2v) is 6.03. The highest BCUT2D eigenvalue weighted by Gasteiger charge is 2.30. The number of hydrogen-bond donors (Lipinski definition) is 1.